The molecule has 2 N–H and O–H groups in total. The number of ether oxygens (including phenoxy) is 1. The third-order valence-corrected chi connectivity index (χ3v) is 6.52. The van der Waals surface area contributed by atoms with E-state index in [0.29, 0.717) is 23.1 Å². The quantitative estimate of drug-likeness (QED) is 0.381. The summed E-state index contributed by atoms with van der Waals surface area (Å²) in [6.07, 6.45) is 4.79. The van der Waals surface area contributed by atoms with Gasteiger partial charge in [0, 0.05) is 17.0 Å². The highest BCUT2D eigenvalue weighted by Crippen LogP contribution is 2.43. The minimum atomic E-state index is -3.95. The first-order chi connectivity index (χ1) is 15.3. The highest BCUT2D eigenvalue weighted by Gasteiger charge is 2.31. The molecule has 0 atom stereocenters. The molecule has 0 aliphatic heterocycles. The van der Waals surface area contributed by atoms with E-state index in [1.165, 1.54) is 0 Å². The average molecular weight is 476 g/mol. The second kappa shape index (κ2) is 10.2. The van der Waals surface area contributed by atoms with Crippen LogP contribution in [-0.2, 0) is 9.84 Å². The SMILES string of the molecule is CCCCCCOc1c(S(C)(=O)=O)c(C(=O)Nc2ccccc2Cl)c(O)c2ccccc12. The zero-order valence-electron chi connectivity index (χ0n) is 18.0. The zero-order chi connectivity index (χ0) is 23.3. The number of nitrogens with one attached hydrogen (secondary N) is 1. The smallest absolute Gasteiger partial charge is 0.260 e. The van der Waals surface area contributed by atoms with Gasteiger partial charge in [0.15, 0.2) is 9.84 Å². The Kier molecular flexibility index (Phi) is 7.64. The Hall–Kier alpha value is -2.77. The molecular weight excluding hydrogens is 450 g/mol. The van der Waals surface area contributed by atoms with Crippen LogP contribution in [0.15, 0.2) is 53.4 Å². The van der Waals surface area contributed by atoms with Crippen LogP contribution in [0.5, 0.6) is 11.5 Å². The Balaban J connectivity index is 2.17. The van der Waals surface area contributed by atoms with Gasteiger partial charge in [0.1, 0.15) is 22.0 Å². The maximum atomic E-state index is 13.2. The van der Waals surface area contributed by atoms with Crippen LogP contribution in [0.2, 0.25) is 5.02 Å². The van der Waals surface area contributed by atoms with Gasteiger partial charge < -0.3 is 15.2 Å². The number of hydrogen-bond donors (Lipinski definition) is 2. The number of phenols is 1. The number of rotatable bonds is 9. The third kappa shape index (κ3) is 5.16. The summed E-state index contributed by atoms with van der Waals surface area (Å²) >= 11 is 6.14. The summed E-state index contributed by atoms with van der Waals surface area (Å²) in [7, 11) is -3.95. The first-order valence-corrected chi connectivity index (χ1v) is 12.7. The van der Waals surface area contributed by atoms with Crippen molar-refractivity contribution in [1.82, 2.24) is 0 Å². The fraction of sp³-hybridized carbons (Fsp3) is 0.292. The molecule has 0 spiro atoms. The van der Waals surface area contributed by atoms with E-state index in [9.17, 15) is 18.3 Å². The lowest BCUT2D eigenvalue weighted by atomic mass is 10.0. The van der Waals surface area contributed by atoms with Gasteiger partial charge in [-0.3, -0.25) is 4.79 Å². The van der Waals surface area contributed by atoms with Crippen LogP contribution in [0.1, 0.15) is 43.0 Å². The van der Waals surface area contributed by atoms with Crippen molar-refractivity contribution >= 4 is 43.8 Å². The minimum Gasteiger partial charge on any atom is -0.506 e. The molecule has 8 heteroatoms. The molecule has 3 aromatic rings. The van der Waals surface area contributed by atoms with Gasteiger partial charge in [-0.1, -0.05) is 74.2 Å². The van der Waals surface area contributed by atoms with Gasteiger partial charge in [-0.05, 0) is 18.6 Å². The number of sulfone groups is 1. The summed E-state index contributed by atoms with van der Waals surface area (Å²) in [4.78, 5) is 12.9. The molecule has 0 radical (unpaired) electrons. The predicted molar refractivity (Wildman–Crippen MR) is 128 cm³/mol. The monoisotopic (exact) mass is 475 g/mol. The van der Waals surface area contributed by atoms with Crippen molar-refractivity contribution in [1.29, 1.82) is 0 Å². The summed E-state index contributed by atoms with van der Waals surface area (Å²) in [5, 5.41) is 14.6. The van der Waals surface area contributed by atoms with Gasteiger partial charge in [-0.15, -0.1) is 0 Å². The Labute approximate surface area is 193 Å². The van der Waals surface area contributed by atoms with Crippen molar-refractivity contribution in [3.63, 3.8) is 0 Å². The topological polar surface area (TPSA) is 92.7 Å². The van der Waals surface area contributed by atoms with Gasteiger partial charge in [0.25, 0.3) is 5.91 Å². The number of fused-ring (bicyclic) bond motifs is 1. The first kappa shape index (κ1) is 23.9. The molecule has 0 bridgehead atoms. The highest BCUT2D eigenvalue weighted by atomic mass is 35.5. The summed E-state index contributed by atoms with van der Waals surface area (Å²) in [6, 6.07) is 13.3. The third-order valence-electron chi connectivity index (χ3n) is 5.06. The second-order valence-electron chi connectivity index (χ2n) is 7.54. The van der Waals surface area contributed by atoms with Crippen molar-refractivity contribution in [2.45, 2.75) is 37.5 Å². The second-order valence-corrected chi connectivity index (χ2v) is 9.90. The molecule has 0 saturated heterocycles. The minimum absolute atomic E-state index is 0.0710. The lowest BCUT2D eigenvalue weighted by molar-refractivity contribution is 0.102. The molecule has 3 rings (SSSR count). The number of carbonyl (C=O) groups is 1. The number of carbonyl (C=O) groups excluding carboxylic acids is 1. The van der Waals surface area contributed by atoms with E-state index in [2.05, 4.69) is 12.2 Å². The Morgan fingerprint density at radius 2 is 1.69 bits per heavy atom. The van der Waals surface area contributed by atoms with Crippen LogP contribution in [0.25, 0.3) is 10.8 Å². The van der Waals surface area contributed by atoms with Gasteiger partial charge in [0.2, 0.25) is 0 Å². The normalized spacial score (nSPS) is 11.5. The lowest BCUT2D eigenvalue weighted by Gasteiger charge is -2.19. The van der Waals surface area contributed by atoms with Crippen molar-refractivity contribution in [3.05, 3.63) is 59.1 Å². The molecule has 0 aliphatic rings. The molecule has 0 fully saturated rings. The van der Waals surface area contributed by atoms with Crippen LogP contribution in [-0.4, -0.2) is 32.3 Å². The molecule has 170 valence electrons. The van der Waals surface area contributed by atoms with E-state index in [1.807, 2.05) is 0 Å². The number of unbranched alkanes of at least 4 members (excludes halogenated alkanes) is 3. The van der Waals surface area contributed by atoms with E-state index < -0.39 is 21.5 Å². The highest BCUT2D eigenvalue weighted by molar-refractivity contribution is 7.91. The van der Waals surface area contributed by atoms with Crippen molar-refractivity contribution < 1.29 is 23.1 Å². The van der Waals surface area contributed by atoms with E-state index >= 15 is 0 Å². The number of aromatic hydroxyl groups is 1. The molecule has 3 aromatic carbocycles. The Morgan fingerprint density at radius 1 is 1.03 bits per heavy atom. The standard InChI is InChI=1S/C24H26ClNO5S/c1-3-4-5-10-15-31-22-17-12-7-6-11-16(17)21(27)20(23(22)32(2,29)30)24(28)26-19-14-9-8-13-18(19)25/h6-9,11-14,27H,3-5,10,15H2,1-2H3,(H,26,28). The molecule has 0 aliphatic carbocycles. The zero-order valence-corrected chi connectivity index (χ0v) is 19.6. The molecule has 0 unspecified atom stereocenters. The van der Waals surface area contributed by atoms with E-state index in [0.717, 1.165) is 31.9 Å². The van der Waals surface area contributed by atoms with Crippen LogP contribution in [0.3, 0.4) is 0 Å². The molecule has 32 heavy (non-hydrogen) atoms. The Morgan fingerprint density at radius 3 is 2.34 bits per heavy atom. The van der Waals surface area contributed by atoms with Crippen LogP contribution >= 0.6 is 11.6 Å². The molecule has 6 nitrogen and oxygen atoms in total. The first-order valence-electron chi connectivity index (χ1n) is 10.4. The number of phenolic OH excluding ortho intramolecular Hbond substituents is 1. The largest absolute Gasteiger partial charge is 0.506 e. The van der Waals surface area contributed by atoms with Gasteiger partial charge in [0.05, 0.1) is 17.3 Å². The molecule has 0 aromatic heterocycles. The van der Waals surface area contributed by atoms with E-state index in [4.69, 9.17) is 16.3 Å². The maximum absolute atomic E-state index is 13.2. The Bertz CT molecular complexity index is 1240. The molecule has 0 heterocycles. The van der Waals surface area contributed by atoms with E-state index in [1.54, 1.807) is 48.5 Å². The van der Waals surface area contributed by atoms with Gasteiger partial charge in [-0.25, -0.2) is 8.42 Å². The van der Waals surface area contributed by atoms with Gasteiger partial charge >= 0.3 is 0 Å². The number of anilines is 1. The average Bonchev–Trinajstić information content (AvgIpc) is 2.75. The summed E-state index contributed by atoms with van der Waals surface area (Å²) in [5.41, 5.74) is -0.0668. The number of benzene rings is 3. The summed E-state index contributed by atoms with van der Waals surface area (Å²) in [5.74, 6) is -1.15. The number of amides is 1. The fourth-order valence-corrected chi connectivity index (χ4v) is 4.77. The maximum Gasteiger partial charge on any atom is 0.260 e. The summed E-state index contributed by atoms with van der Waals surface area (Å²) < 4.78 is 31.6. The van der Waals surface area contributed by atoms with Crippen molar-refractivity contribution in [3.8, 4) is 11.5 Å². The van der Waals surface area contributed by atoms with Gasteiger partial charge in [-0.2, -0.15) is 0 Å². The number of halogens is 1. The van der Waals surface area contributed by atoms with E-state index in [-0.39, 0.29) is 21.2 Å². The number of hydrogen-bond acceptors (Lipinski definition) is 5. The molecule has 1 amide bonds. The van der Waals surface area contributed by atoms with Crippen molar-refractivity contribution in [2.24, 2.45) is 0 Å². The molecule has 0 saturated carbocycles. The lowest BCUT2D eigenvalue weighted by Crippen LogP contribution is -2.18. The van der Waals surface area contributed by atoms with Crippen LogP contribution < -0.4 is 10.1 Å². The molecular formula is C24H26ClNO5S. The fourth-order valence-electron chi connectivity index (χ4n) is 3.52. The van der Waals surface area contributed by atoms with Crippen LogP contribution in [0, 0.1) is 0 Å². The van der Waals surface area contributed by atoms with Crippen molar-refractivity contribution in [2.75, 3.05) is 18.2 Å². The van der Waals surface area contributed by atoms with Crippen LogP contribution in [0.4, 0.5) is 5.69 Å². The summed E-state index contributed by atoms with van der Waals surface area (Å²) in [6.45, 7) is 2.39. The number of para-hydroxylation sites is 1. The predicted octanol–water partition coefficient (Wildman–Crippen LogP) is 5.81.